The molecule has 2 rings (SSSR count). The highest BCUT2D eigenvalue weighted by Gasteiger charge is 2.40. The second-order valence-electron chi connectivity index (χ2n) is 8.49. The van der Waals surface area contributed by atoms with Gasteiger partial charge in [0.25, 0.3) is 0 Å². The van der Waals surface area contributed by atoms with Crippen LogP contribution in [0.4, 0.5) is 0 Å². The van der Waals surface area contributed by atoms with Crippen LogP contribution >= 0.6 is 0 Å². The van der Waals surface area contributed by atoms with Gasteiger partial charge in [-0.2, -0.15) is 0 Å². The van der Waals surface area contributed by atoms with Gasteiger partial charge >= 0.3 is 7.12 Å². The molecule has 0 amide bonds. The predicted molar refractivity (Wildman–Crippen MR) is 101 cm³/mol. The lowest BCUT2D eigenvalue weighted by Gasteiger charge is -2.43. The fourth-order valence-corrected chi connectivity index (χ4v) is 3.73. The summed E-state index contributed by atoms with van der Waals surface area (Å²) in [5.41, 5.74) is 3.05. The van der Waals surface area contributed by atoms with Gasteiger partial charge in [0.1, 0.15) is 5.75 Å². The van der Waals surface area contributed by atoms with Crippen molar-refractivity contribution >= 4 is 12.6 Å². The summed E-state index contributed by atoms with van der Waals surface area (Å²) < 4.78 is 6.15. The van der Waals surface area contributed by atoms with Gasteiger partial charge in [0.05, 0.1) is 6.61 Å². The predicted octanol–water partition coefficient (Wildman–Crippen LogP) is 3.67. The highest BCUT2D eigenvalue weighted by atomic mass is 16.5. The average Bonchev–Trinajstić information content (AvgIpc) is 2.51. The van der Waals surface area contributed by atoms with Gasteiger partial charge in [-0.25, -0.2) is 0 Å². The molecule has 0 heterocycles. The van der Waals surface area contributed by atoms with Gasteiger partial charge in [-0.1, -0.05) is 59.9 Å². The minimum atomic E-state index is -1.46. The molecule has 1 aromatic rings. The molecule has 0 aromatic heterocycles. The Morgan fingerprint density at radius 3 is 2.29 bits per heavy atom. The molecule has 0 atom stereocenters. The first-order valence-corrected chi connectivity index (χ1v) is 9.37. The Kier molecular flexibility index (Phi) is 6.03. The molecule has 24 heavy (non-hydrogen) atoms. The Hall–Kier alpha value is -0.995. The SMILES string of the molecule is CCCCCCOc1cc(B(O)O)cc2c1C(C)(C)CCC2(C)C. The molecular weight excluding hydrogens is 299 g/mol. The summed E-state index contributed by atoms with van der Waals surface area (Å²) in [6, 6.07) is 3.79. The molecule has 0 saturated carbocycles. The number of ether oxygens (including phenoxy) is 1. The third-order valence-corrected chi connectivity index (χ3v) is 5.46. The van der Waals surface area contributed by atoms with Crippen LogP contribution < -0.4 is 10.2 Å². The summed E-state index contributed by atoms with van der Waals surface area (Å²) in [7, 11) is -1.46. The van der Waals surface area contributed by atoms with Gasteiger partial charge in [-0.05, 0) is 47.2 Å². The van der Waals surface area contributed by atoms with E-state index in [1.165, 1.54) is 30.4 Å². The van der Waals surface area contributed by atoms with Gasteiger partial charge in [0.15, 0.2) is 0 Å². The molecule has 2 N–H and O–H groups in total. The van der Waals surface area contributed by atoms with E-state index in [-0.39, 0.29) is 10.8 Å². The zero-order valence-corrected chi connectivity index (χ0v) is 16.0. The number of unbranched alkanes of at least 4 members (excludes halogenated alkanes) is 3. The highest BCUT2D eigenvalue weighted by molar-refractivity contribution is 6.58. The summed E-state index contributed by atoms with van der Waals surface area (Å²) in [6.45, 7) is 11.9. The van der Waals surface area contributed by atoms with E-state index in [0.29, 0.717) is 12.1 Å². The number of rotatable bonds is 7. The van der Waals surface area contributed by atoms with Crippen molar-refractivity contribution in [2.24, 2.45) is 0 Å². The molecule has 1 aromatic carbocycles. The normalized spacial score (nSPS) is 18.1. The fourth-order valence-electron chi connectivity index (χ4n) is 3.73. The van der Waals surface area contributed by atoms with Gasteiger partial charge in [0.2, 0.25) is 0 Å². The first-order valence-electron chi connectivity index (χ1n) is 9.37. The summed E-state index contributed by atoms with van der Waals surface area (Å²) in [5, 5.41) is 19.4. The molecule has 0 bridgehead atoms. The smallest absolute Gasteiger partial charge is 0.488 e. The minimum absolute atomic E-state index is 0.0239. The van der Waals surface area contributed by atoms with Crippen LogP contribution in [0.25, 0.3) is 0 Å². The van der Waals surface area contributed by atoms with Crippen LogP contribution in [-0.4, -0.2) is 23.8 Å². The van der Waals surface area contributed by atoms with Crippen LogP contribution in [0, 0.1) is 0 Å². The van der Waals surface area contributed by atoms with Crippen molar-refractivity contribution in [1.82, 2.24) is 0 Å². The molecule has 0 saturated heterocycles. The summed E-state index contributed by atoms with van der Waals surface area (Å²) >= 11 is 0. The van der Waals surface area contributed by atoms with Crippen molar-refractivity contribution < 1.29 is 14.8 Å². The molecular formula is C20H33BO3. The summed E-state index contributed by atoms with van der Waals surface area (Å²) in [4.78, 5) is 0. The van der Waals surface area contributed by atoms with Crippen molar-refractivity contribution in [3.63, 3.8) is 0 Å². The number of benzene rings is 1. The molecule has 0 unspecified atom stereocenters. The fraction of sp³-hybridized carbons (Fsp3) is 0.700. The molecule has 0 fully saturated rings. The second-order valence-corrected chi connectivity index (χ2v) is 8.49. The Labute approximate surface area is 147 Å². The van der Waals surface area contributed by atoms with Gasteiger partial charge in [0, 0.05) is 5.56 Å². The van der Waals surface area contributed by atoms with E-state index in [1.54, 1.807) is 0 Å². The molecule has 0 aliphatic heterocycles. The lowest BCUT2D eigenvalue weighted by atomic mass is 9.61. The molecule has 134 valence electrons. The largest absolute Gasteiger partial charge is 0.493 e. The van der Waals surface area contributed by atoms with E-state index in [0.717, 1.165) is 25.0 Å². The van der Waals surface area contributed by atoms with E-state index in [2.05, 4.69) is 34.6 Å². The first-order chi connectivity index (χ1) is 11.2. The summed E-state index contributed by atoms with van der Waals surface area (Å²) in [6.07, 6.45) is 6.86. The zero-order valence-electron chi connectivity index (χ0n) is 16.0. The van der Waals surface area contributed by atoms with Gasteiger partial charge < -0.3 is 14.8 Å². The van der Waals surface area contributed by atoms with E-state index in [4.69, 9.17) is 4.74 Å². The molecule has 3 nitrogen and oxygen atoms in total. The van der Waals surface area contributed by atoms with E-state index in [9.17, 15) is 10.0 Å². The molecule has 1 aliphatic rings. The van der Waals surface area contributed by atoms with Crippen molar-refractivity contribution in [2.75, 3.05) is 6.61 Å². The second kappa shape index (κ2) is 7.49. The number of hydrogen-bond donors (Lipinski definition) is 2. The van der Waals surface area contributed by atoms with Crippen LogP contribution in [0.5, 0.6) is 5.75 Å². The maximum Gasteiger partial charge on any atom is 0.488 e. The number of fused-ring (bicyclic) bond motifs is 1. The topological polar surface area (TPSA) is 49.7 Å². The quantitative estimate of drug-likeness (QED) is 0.592. The molecule has 0 radical (unpaired) electrons. The Bertz CT molecular complexity index is 564. The minimum Gasteiger partial charge on any atom is -0.493 e. The third-order valence-electron chi connectivity index (χ3n) is 5.46. The lowest BCUT2D eigenvalue weighted by molar-refractivity contribution is 0.275. The Balaban J connectivity index is 2.39. The van der Waals surface area contributed by atoms with Crippen molar-refractivity contribution in [3.8, 4) is 5.75 Å². The van der Waals surface area contributed by atoms with E-state index < -0.39 is 7.12 Å². The maximum absolute atomic E-state index is 9.69. The van der Waals surface area contributed by atoms with Gasteiger partial charge in [-0.3, -0.25) is 0 Å². The van der Waals surface area contributed by atoms with Crippen molar-refractivity contribution in [2.45, 2.75) is 84.0 Å². The van der Waals surface area contributed by atoms with Crippen molar-refractivity contribution in [3.05, 3.63) is 23.3 Å². The third kappa shape index (κ3) is 4.15. The Morgan fingerprint density at radius 1 is 1.00 bits per heavy atom. The van der Waals surface area contributed by atoms with Gasteiger partial charge in [-0.15, -0.1) is 0 Å². The lowest BCUT2D eigenvalue weighted by Crippen LogP contribution is -2.38. The van der Waals surface area contributed by atoms with E-state index >= 15 is 0 Å². The monoisotopic (exact) mass is 332 g/mol. The zero-order chi connectivity index (χ0) is 18.0. The van der Waals surface area contributed by atoms with Crippen LogP contribution in [0.1, 0.15) is 84.3 Å². The molecule has 1 aliphatic carbocycles. The Morgan fingerprint density at radius 2 is 1.67 bits per heavy atom. The standard InChI is InChI=1S/C20H33BO3/c1-6-7-8-9-12-24-17-14-15(21(22)23)13-16-18(17)20(4,5)11-10-19(16,2)3/h13-14,22-23H,6-12H2,1-5H3. The van der Waals surface area contributed by atoms with Crippen LogP contribution in [0.15, 0.2) is 12.1 Å². The van der Waals surface area contributed by atoms with Crippen molar-refractivity contribution in [1.29, 1.82) is 0 Å². The average molecular weight is 332 g/mol. The van der Waals surface area contributed by atoms with Crippen LogP contribution in [0.2, 0.25) is 0 Å². The maximum atomic E-state index is 9.69. The first kappa shape index (κ1) is 19.3. The molecule has 4 heteroatoms. The number of hydrogen-bond acceptors (Lipinski definition) is 3. The van der Waals surface area contributed by atoms with Crippen LogP contribution in [-0.2, 0) is 10.8 Å². The summed E-state index contributed by atoms with van der Waals surface area (Å²) in [5.74, 6) is 0.838. The van der Waals surface area contributed by atoms with Crippen LogP contribution in [0.3, 0.4) is 0 Å². The molecule has 0 spiro atoms. The van der Waals surface area contributed by atoms with E-state index in [1.807, 2.05) is 12.1 Å². The highest BCUT2D eigenvalue weighted by Crippen LogP contribution is 2.48.